The molecule has 36 heavy (non-hydrogen) atoms. The number of hydrogen-bond donors (Lipinski definition) is 3. The lowest BCUT2D eigenvalue weighted by atomic mass is 9.90. The van der Waals surface area contributed by atoms with Gasteiger partial charge in [0.05, 0.1) is 16.3 Å². The lowest BCUT2D eigenvalue weighted by Crippen LogP contribution is -2.21. The zero-order valence-electron chi connectivity index (χ0n) is 18.0. The first-order chi connectivity index (χ1) is 16.9. The average molecular weight is 524 g/mol. The number of amides is 3. The number of anilines is 2. The van der Waals surface area contributed by atoms with Crippen LogP contribution in [0.15, 0.2) is 54.6 Å². The molecule has 0 aliphatic carbocycles. The molecule has 4 N–H and O–H groups in total. The van der Waals surface area contributed by atoms with Crippen LogP contribution >= 0.6 is 11.6 Å². The quantitative estimate of drug-likeness (QED) is 0.355. The van der Waals surface area contributed by atoms with Gasteiger partial charge in [-0.25, -0.2) is 13.6 Å². The van der Waals surface area contributed by atoms with E-state index in [1.807, 2.05) is 0 Å². The Hall–Kier alpha value is -4.12. The number of benzene rings is 3. The van der Waals surface area contributed by atoms with Gasteiger partial charge in [0, 0.05) is 22.9 Å². The fraction of sp³-hybridized carbons (Fsp3) is 0.0833. The third kappa shape index (κ3) is 5.10. The van der Waals surface area contributed by atoms with Gasteiger partial charge in [-0.05, 0) is 59.7 Å². The van der Waals surface area contributed by atoms with Crippen LogP contribution in [0.1, 0.15) is 27.0 Å². The predicted octanol–water partition coefficient (Wildman–Crippen LogP) is 6.20. The van der Waals surface area contributed by atoms with E-state index in [1.54, 1.807) is 0 Å². The summed E-state index contributed by atoms with van der Waals surface area (Å²) in [6.45, 7) is -0.0864. The Bertz CT molecular complexity index is 1420. The summed E-state index contributed by atoms with van der Waals surface area (Å²) < 4.78 is 74.0. The molecule has 0 radical (unpaired) electrons. The van der Waals surface area contributed by atoms with E-state index >= 15 is 0 Å². The summed E-state index contributed by atoms with van der Waals surface area (Å²) in [7, 11) is 0. The number of alkyl halides is 3. The zero-order chi connectivity index (χ0) is 26.2. The number of hydrogen-bond acceptors (Lipinski definition) is 3. The molecule has 12 heteroatoms. The number of primary amides is 1. The maximum absolute atomic E-state index is 13.9. The second kappa shape index (κ2) is 9.50. The SMILES string of the molecule is NC(=O)Nc1cc(NC(=O)c2cc(Cl)c(C(F)(F)F)cc2C2=CCOc3cc(F)ccc32)ccc1F. The van der Waals surface area contributed by atoms with E-state index in [-0.39, 0.29) is 46.0 Å². The first-order valence-electron chi connectivity index (χ1n) is 10.2. The fourth-order valence-corrected chi connectivity index (χ4v) is 3.92. The summed E-state index contributed by atoms with van der Waals surface area (Å²) in [5.74, 6) is -2.24. The Morgan fingerprint density at radius 3 is 2.42 bits per heavy atom. The van der Waals surface area contributed by atoms with Crippen LogP contribution in [0.5, 0.6) is 5.75 Å². The van der Waals surface area contributed by atoms with Crippen LogP contribution in [0.4, 0.5) is 38.1 Å². The summed E-state index contributed by atoms with van der Waals surface area (Å²) in [5, 5.41) is 3.77. The van der Waals surface area contributed by atoms with Gasteiger partial charge in [-0.3, -0.25) is 4.79 Å². The van der Waals surface area contributed by atoms with E-state index < -0.39 is 40.3 Å². The highest BCUT2D eigenvalue weighted by molar-refractivity contribution is 6.32. The van der Waals surface area contributed by atoms with Crippen LogP contribution in [-0.2, 0) is 6.18 Å². The average Bonchev–Trinajstić information content (AvgIpc) is 2.79. The van der Waals surface area contributed by atoms with Gasteiger partial charge in [0.2, 0.25) is 0 Å². The number of nitrogens with two attached hydrogens (primary N) is 1. The number of fused-ring (bicyclic) bond motifs is 1. The van der Waals surface area contributed by atoms with Crippen molar-refractivity contribution >= 4 is 40.5 Å². The van der Waals surface area contributed by atoms with E-state index in [1.165, 1.54) is 18.2 Å². The number of rotatable bonds is 4. The highest BCUT2D eigenvalue weighted by Crippen LogP contribution is 2.42. The maximum atomic E-state index is 13.9. The van der Waals surface area contributed by atoms with E-state index in [0.29, 0.717) is 0 Å². The van der Waals surface area contributed by atoms with Gasteiger partial charge in [0.1, 0.15) is 24.0 Å². The predicted molar refractivity (Wildman–Crippen MR) is 123 cm³/mol. The highest BCUT2D eigenvalue weighted by Gasteiger charge is 2.35. The van der Waals surface area contributed by atoms with Crippen LogP contribution in [0.25, 0.3) is 5.57 Å². The molecule has 0 spiro atoms. The van der Waals surface area contributed by atoms with Crippen molar-refractivity contribution in [2.24, 2.45) is 5.73 Å². The molecule has 4 rings (SSSR count). The maximum Gasteiger partial charge on any atom is 0.417 e. The van der Waals surface area contributed by atoms with Gasteiger partial charge < -0.3 is 21.1 Å². The molecule has 6 nitrogen and oxygen atoms in total. The standard InChI is InChI=1S/C24H15ClF5N3O3/c25-18-10-16(22(34)32-12-2-4-19(27)20(8-12)33-23(31)35)15(9-17(18)24(28,29)30)13-5-6-36-21-7-11(26)1-3-14(13)21/h1-5,7-10H,6H2,(H,32,34)(H3,31,33,35). The van der Waals surface area contributed by atoms with Crippen molar-refractivity contribution in [1.29, 1.82) is 0 Å². The molecule has 3 aromatic carbocycles. The first-order valence-corrected chi connectivity index (χ1v) is 10.5. The molecule has 1 heterocycles. The van der Waals surface area contributed by atoms with Gasteiger partial charge >= 0.3 is 12.2 Å². The summed E-state index contributed by atoms with van der Waals surface area (Å²) in [6, 6.07) is 7.25. The molecule has 0 saturated carbocycles. The van der Waals surface area contributed by atoms with Gasteiger partial charge in [-0.15, -0.1) is 0 Å². The molecule has 186 valence electrons. The van der Waals surface area contributed by atoms with Crippen molar-refractivity contribution in [2.45, 2.75) is 6.18 Å². The van der Waals surface area contributed by atoms with E-state index in [0.717, 1.165) is 36.4 Å². The van der Waals surface area contributed by atoms with Gasteiger partial charge in [0.15, 0.2) is 0 Å². The minimum Gasteiger partial charge on any atom is -0.489 e. The van der Waals surface area contributed by atoms with E-state index in [9.17, 15) is 31.5 Å². The molecule has 0 bridgehead atoms. The van der Waals surface area contributed by atoms with Gasteiger partial charge in [-0.1, -0.05) is 11.6 Å². The van der Waals surface area contributed by atoms with Crippen molar-refractivity contribution < 1.29 is 36.3 Å². The lowest BCUT2D eigenvalue weighted by molar-refractivity contribution is -0.137. The summed E-state index contributed by atoms with van der Waals surface area (Å²) in [6.07, 6.45) is -3.38. The van der Waals surface area contributed by atoms with E-state index in [2.05, 4.69) is 10.6 Å². The summed E-state index contributed by atoms with van der Waals surface area (Å²) >= 11 is 5.89. The molecule has 3 aromatic rings. The zero-order valence-corrected chi connectivity index (χ0v) is 18.7. The van der Waals surface area contributed by atoms with E-state index in [4.69, 9.17) is 22.1 Å². The van der Waals surface area contributed by atoms with Crippen LogP contribution in [0.3, 0.4) is 0 Å². The summed E-state index contributed by atoms with van der Waals surface area (Å²) in [4.78, 5) is 24.3. The molecule has 0 atom stereocenters. The van der Waals surface area contributed by atoms with Crippen LogP contribution < -0.4 is 21.1 Å². The number of carbonyl (C=O) groups is 2. The minimum atomic E-state index is -4.83. The van der Waals surface area contributed by atoms with Gasteiger partial charge in [0.25, 0.3) is 5.91 Å². The Kier molecular flexibility index (Phi) is 6.59. The Labute approximate surface area is 205 Å². The minimum absolute atomic E-state index is 0.00977. The third-order valence-electron chi connectivity index (χ3n) is 5.19. The molecule has 0 unspecified atom stereocenters. The van der Waals surface area contributed by atoms with Crippen molar-refractivity contribution in [3.8, 4) is 5.75 Å². The smallest absolute Gasteiger partial charge is 0.417 e. The molecule has 1 aliphatic rings. The Balaban J connectivity index is 1.81. The fourth-order valence-electron chi connectivity index (χ4n) is 3.65. The largest absolute Gasteiger partial charge is 0.489 e. The number of halogens is 6. The molecule has 0 saturated heterocycles. The topological polar surface area (TPSA) is 93.5 Å². The van der Waals surface area contributed by atoms with Gasteiger partial charge in [-0.2, -0.15) is 13.2 Å². The van der Waals surface area contributed by atoms with Crippen LogP contribution in [-0.4, -0.2) is 18.5 Å². The lowest BCUT2D eigenvalue weighted by Gasteiger charge is -2.22. The van der Waals surface area contributed by atoms with Crippen molar-refractivity contribution in [2.75, 3.05) is 17.2 Å². The second-order valence-corrected chi connectivity index (χ2v) is 7.99. The molecular weight excluding hydrogens is 509 g/mol. The van der Waals surface area contributed by atoms with Crippen LogP contribution in [0.2, 0.25) is 5.02 Å². The number of nitrogens with one attached hydrogen (secondary N) is 2. The Morgan fingerprint density at radius 1 is 0.972 bits per heavy atom. The molecule has 3 amide bonds. The molecular formula is C24H15ClF5N3O3. The molecule has 0 fully saturated rings. The molecule has 0 aromatic heterocycles. The van der Waals surface area contributed by atoms with Crippen molar-refractivity contribution in [3.05, 3.63) is 93.5 Å². The number of ether oxygens (including phenoxy) is 1. The number of urea groups is 1. The first kappa shape index (κ1) is 25.0. The highest BCUT2D eigenvalue weighted by atomic mass is 35.5. The normalized spacial score (nSPS) is 12.8. The number of carbonyl (C=O) groups excluding carboxylic acids is 2. The summed E-state index contributed by atoms with van der Waals surface area (Å²) in [5.41, 5.74) is 3.58. The molecule has 1 aliphatic heterocycles. The third-order valence-corrected chi connectivity index (χ3v) is 5.50. The Morgan fingerprint density at radius 2 is 1.72 bits per heavy atom. The van der Waals surface area contributed by atoms with Crippen molar-refractivity contribution in [3.63, 3.8) is 0 Å². The monoisotopic (exact) mass is 523 g/mol. The van der Waals surface area contributed by atoms with Crippen LogP contribution in [0, 0.1) is 11.6 Å². The van der Waals surface area contributed by atoms with Crippen molar-refractivity contribution in [1.82, 2.24) is 0 Å². The second-order valence-electron chi connectivity index (χ2n) is 7.58.